The molecule has 0 saturated heterocycles. The van der Waals surface area contributed by atoms with Crippen molar-refractivity contribution >= 4 is 17.7 Å². The first-order valence-corrected chi connectivity index (χ1v) is 6.12. The summed E-state index contributed by atoms with van der Waals surface area (Å²) in [5.41, 5.74) is 0. The van der Waals surface area contributed by atoms with E-state index in [0.29, 0.717) is 0 Å². The Labute approximate surface area is 100 Å². The number of aryl methyl sites for hydroxylation is 1. The third-order valence-electron chi connectivity index (χ3n) is 2.13. The molecule has 0 aromatic carbocycles. The predicted octanol–water partition coefficient (Wildman–Crippen LogP) is 1.13. The van der Waals surface area contributed by atoms with Crippen LogP contribution < -0.4 is 5.32 Å². The molecule has 0 aliphatic rings. The lowest BCUT2D eigenvalue weighted by Gasteiger charge is -2.13. The molecule has 0 radical (unpaired) electrons. The zero-order valence-electron chi connectivity index (χ0n) is 10.3. The minimum absolute atomic E-state index is 0.0284. The van der Waals surface area contributed by atoms with Crippen molar-refractivity contribution in [2.75, 3.05) is 0 Å². The fourth-order valence-electron chi connectivity index (χ4n) is 1.10. The van der Waals surface area contributed by atoms with Gasteiger partial charge in [-0.3, -0.25) is 4.79 Å². The molecule has 0 spiro atoms. The van der Waals surface area contributed by atoms with Gasteiger partial charge in [0.05, 0.1) is 5.25 Å². The lowest BCUT2D eigenvalue weighted by molar-refractivity contribution is -0.120. The van der Waals surface area contributed by atoms with Gasteiger partial charge in [0.1, 0.15) is 5.82 Å². The Hall–Kier alpha value is -1.04. The van der Waals surface area contributed by atoms with E-state index in [1.165, 1.54) is 11.8 Å². The van der Waals surface area contributed by atoms with Crippen molar-refractivity contribution in [2.45, 2.75) is 44.1 Å². The van der Waals surface area contributed by atoms with Crippen LogP contribution in [0.4, 0.5) is 0 Å². The average molecular weight is 242 g/mol. The molecule has 1 N–H and O–H groups in total. The Morgan fingerprint density at radius 2 is 2.00 bits per heavy atom. The van der Waals surface area contributed by atoms with Crippen LogP contribution in [0.25, 0.3) is 0 Å². The predicted molar refractivity (Wildman–Crippen MR) is 64.3 cm³/mol. The van der Waals surface area contributed by atoms with Gasteiger partial charge in [-0.25, -0.2) is 0 Å². The van der Waals surface area contributed by atoms with Gasteiger partial charge in [0.2, 0.25) is 5.91 Å². The van der Waals surface area contributed by atoms with Gasteiger partial charge in [0.25, 0.3) is 0 Å². The summed E-state index contributed by atoms with van der Waals surface area (Å²) in [6.07, 6.45) is 0. The molecule has 0 saturated carbocycles. The summed E-state index contributed by atoms with van der Waals surface area (Å²) in [6, 6.07) is 0.164. The zero-order chi connectivity index (χ0) is 12.3. The van der Waals surface area contributed by atoms with E-state index in [-0.39, 0.29) is 17.2 Å². The van der Waals surface area contributed by atoms with E-state index in [9.17, 15) is 4.79 Å². The van der Waals surface area contributed by atoms with Gasteiger partial charge in [-0.2, -0.15) is 0 Å². The molecule has 0 fully saturated rings. The van der Waals surface area contributed by atoms with Gasteiger partial charge in [0, 0.05) is 13.1 Å². The van der Waals surface area contributed by atoms with Crippen LogP contribution in [0.15, 0.2) is 5.16 Å². The third-order valence-corrected chi connectivity index (χ3v) is 3.27. The number of rotatable bonds is 4. The Kier molecular flexibility index (Phi) is 4.35. The van der Waals surface area contributed by atoms with Gasteiger partial charge >= 0.3 is 0 Å². The van der Waals surface area contributed by atoms with E-state index < -0.39 is 0 Å². The van der Waals surface area contributed by atoms with Gasteiger partial charge in [-0.15, -0.1) is 10.2 Å². The highest BCUT2D eigenvalue weighted by molar-refractivity contribution is 8.00. The first-order chi connectivity index (χ1) is 7.41. The summed E-state index contributed by atoms with van der Waals surface area (Å²) in [6.45, 7) is 7.64. The molecule has 5 nitrogen and oxygen atoms in total. The molecule has 1 atom stereocenters. The Morgan fingerprint density at radius 1 is 1.38 bits per heavy atom. The fourth-order valence-corrected chi connectivity index (χ4v) is 1.97. The molecule has 0 aliphatic heterocycles. The first kappa shape index (κ1) is 13.0. The highest BCUT2D eigenvalue weighted by atomic mass is 32.2. The summed E-state index contributed by atoms with van der Waals surface area (Å²) in [5.74, 6) is 0.875. The second-order valence-electron chi connectivity index (χ2n) is 4.01. The molecule has 0 unspecified atom stereocenters. The Bertz CT molecular complexity index is 375. The van der Waals surface area contributed by atoms with Crippen molar-refractivity contribution in [2.24, 2.45) is 7.05 Å². The molecule has 1 aromatic heterocycles. The van der Waals surface area contributed by atoms with E-state index in [0.717, 1.165) is 11.0 Å². The van der Waals surface area contributed by atoms with Crippen molar-refractivity contribution in [1.29, 1.82) is 0 Å². The summed E-state index contributed by atoms with van der Waals surface area (Å²) in [4.78, 5) is 11.7. The molecular formula is C10H18N4OS. The van der Waals surface area contributed by atoms with Crippen molar-refractivity contribution in [1.82, 2.24) is 20.1 Å². The van der Waals surface area contributed by atoms with Gasteiger partial charge in [-0.1, -0.05) is 11.8 Å². The molecule has 6 heteroatoms. The lowest BCUT2D eigenvalue weighted by Crippen LogP contribution is -2.36. The highest BCUT2D eigenvalue weighted by Gasteiger charge is 2.18. The van der Waals surface area contributed by atoms with Crippen LogP contribution >= 0.6 is 11.8 Å². The maximum absolute atomic E-state index is 11.7. The maximum atomic E-state index is 11.7. The molecule has 90 valence electrons. The SMILES string of the molecule is Cc1nnc(S[C@H](C)C(=O)NC(C)C)n1C. The number of amides is 1. The van der Waals surface area contributed by atoms with Crippen molar-refractivity contribution < 1.29 is 4.79 Å². The smallest absolute Gasteiger partial charge is 0.233 e. The van der Waals surface area contributed by atoms with Crippen molar-refractivity contribution in [3.05, 3.63) is 5.82 Å². The summed E-state index contributed by atoms with van der Waals surface area (Å²) in [5, 5.41) is 11.4. The van der Waals surface area contributed by atoms with E-state index in [1.54, 1.807) is 0 Å². The monoisotopic (exact) mass is 242 g/mol. The lowest BCUT2D eigenvalue weighted by atomic mass is 10.3. The van der Waals surface area contributed by atoms with E-state index in [4.69, 9.17) is 0 Å². The van der Waals surface area contributed by atoms with Crippen LogP contribution in [0.3, 0.4) is 0 Å². The Morgan fingerprint density at radius 3 is 2.44 bits per heavy atom. The van der Waals surface area contributed by atoms with Crippen LogP contribution in [-0.4, -0.2) is 32.0 Å². The Balaban J connectivity index is 2.61. The zero-order valence-corrected chi connectivity index (χ0v) is 11.1. The second kappa shape index (κ2) is 5.34. The number of thioether (sulfide) groups is 1. The summed E-state index contributed by atoms with van der Waals surface area (Å²) in [7, 11) is 1.89. The molecule has 1 aromatic rings. The first-order valence-electron chi connectivity index (χ1n) is 5.24. The highest BCUT2D eigenvalue weighted by Crippen LogP contribution is 2.21. The number of carbonyl (C=O) groups excluding carboxylic acids is 1. The maximum Gasteiger partial charge on any atom is 0.233 e. The molecule has 1 rings (SSSR count). The number of hydrogen-bond acceptors (Lipinski definition) is 4. The van der Waals surface area contributed by atoms with Gasteiger partial charge < -0.3 is 9.88 Å². The quantitative estimate of drug-likeness (QED) is 0.804. The van der Waals surface area contributed by atoms with E-state index in [2.05, 4.69) is 15.5 Å². The number of aromatic nitrogens is 3. The van der Waals surface area contributed by atoms with Crippen LogP contribution in [0.1, 0.15) is 26.6 Å². The molecule has 0 bridgehead atoms. The van der Waals surface area contributed by atoms with Crippen LogP contribution in [0, 0.1) is 6.92 Å². The van der Waals surface area contributed by atoms with Crippen LogP contribution in [0.2, 0.25) is 0 Å². The topological polar surface area (TPSA) is 59.8 Å². The average Bonchev–Trinajstić information content (AvgIpc) is 2.48. The molecule has 16 heavy (non-hydrogen) atoms. The van der Waals surface area contributed by atoms with Gasteiger partial charge in [0.15, 0.2) is 5.16 Å². The summed E-state index contributed by atoms with van der Waals surface area (Å²) < 4.78 is 1.88. The second-order valence-corrected chi connectivity index (χ2v) is 5.32. The number of carbonyl (C=O) groups is 1. The minimum Gasteiger partial charge on any atom is -0.353 e. The standard InChI is InChI=1S/C10H18N4OS/c1-6(2)11-9(15)7(3)16-10-13-12-8(4)14(10)5/h6-7H,1-5H3,(H,11,15)/t7-/m1/s1. The molecular weight excluding hydrogens is 224 g/mol. The van der Waals surface area contributed by atoms with E-state index in [1.807, 2.05) is 39.3 Å². The van der Waals surface area contributed by atoms with E-state index >= 15 is 0 Å². The molecule has 1 heterocycles. The normalized spacial score (nSPS) is 12.9. The summed E-state index contributed by atoms with van der Waals surface area (Å²) >= 11 is 1.42. The third kappa shape index (κ3) is 3.23. The number of hydrogen-bond donors (Lipinski definition) is 1. The largest absolute Gasteiger partial charge is 0.353 e. The van der Waals surface area contributed by atoms with Crippen molar-refractivity contribution in [3.63, 3.8) is 0 Å². The van der Waals surface area contributed by atoms with Gasteiger partial charge in [-0.05, 0) is 27.7 Å². The van der Waals surface area contributed by atoms with Crippen molar-refractivity contribution in [3.8, 4) is 0 Å². The van der Waals surface area contributed by atoms with Crippen LogP contribution in [-0.2, 0) is 11.8 Å². The number of nitrogens with zero attached hydrogens (tertiary/aromatic N) is 3. The fraction of sp³-hybridized carbons (Fsp3) is 0.700. The number of nitrogens with one attached hydrogen (secondary N) is 1. The molecule has 1 amide bonds. The molecule has 0 aliphatic carbocycles. The van der Waals surface area contributed by atoms with Crippen LogP contribution in [0.5, 0.6) is 0 Å². The minimum atomic E-state index is -0.162.